The van der Waals surface area contributed by atoms with Gasteiger partial charge in [-0.1, -0.05) is 24.3 Å². The summed E-state index contributed by atoms with van der Waals surface area (Å²) in [5.41, 5.74) is 3.59. The van der Waals surface area contributed by atoms with Crippen molar-refractivity contribution in [3.05, 3.63) is 88.4 Å². The minimum atomic E-state index is -0.786. The van der Waals surface area contributed by atoms with Gasteiger partial charge in [-0.05, 0) is 70.0 Å². The second-order valence-corrected chi connectivity index (χ2v) is 7.39. The average Bonchev–Trinajstić information content (AvgIpc) is 2.80. The van der Waals surface area contributed by atoms with Crippen LogP contribution >= 0.6 is 15.9 Å². The number of carbonyl (C=O) groups excluding carboxylic acids is 2. The molecular formula is C23H17BrN2O5. The van der Waals surface area contributed by atoms with Gasteiger partial charge in [-0.25, -0.2) is 10.2 Å². The van der Waals surface area contributed by atoms with Crippen molar-refractivity contribution in [2.24, 2.45) is 5.10 Å². The zero-order valence-corrected chi connectivity index (χ0v) is 17.7. The molecule has 1 unspecified atom stereocenters. The van der Waals surface area contributed by atoms with Crippen molar-refractivity contribution in [3.63, 3.8) is 0 Å². The number of para-hydroxylation sites is 2. The number of halogens is 1. The van der Waals surface area contributed by atoms with Crippen LogP contribution in [0.5, 0.6) is 17.2 Å². The van der Waals surface area contributed by atoms with E-state index in [9.17, 15) is 9.59 Å². The monoisotopic (exact) mass is 480 g/mol. The predicted molar refractivity (Wildman–Crippen MR) is 118 cm³/mol. The van der Waals surface area contributed by atoms with Gasteiger partial charge in [0.2, 0.25) is 6.10 Å². The van der Waals surface area contributed by atoms with Crippen molar-refractivity contribution >= 4 is 34.0 Å². The number of carbonyl (C=O) groups is 2. The standard InChI is InChI=1S/C23H17BrN2O5/c24-18-6-2-1-5-17(18)23(28)30-16-11-9-15(10-12-16)13-25-26-22(27)21-14-29-19-7-3-4-8-20(19)31-21/h1-13,21H,14H2,(H,26,27)/b25-13+. The number of hydrogen-bond acceptors (Lipinski definition) is 6. The molecule has 0 aromatic heterocycles. The molecule has 1 aliphatic rings. The molecular weight excluding hydrogens is 464 g/mol. The largest absolute Gasteiger partial charge is 0.485 e. The molecule has 3 aromatic carbocycles. The molecule has 1 amide bonds. The first-order chi connectivity index (χ1) is 15.1. The quantitative estimate of drug-likeness (QED) is 0.258. The van der Waals surface area contributed by atoms with Gasteiger partial charge in [0.05, 0.1) is 11.8 Å². The third-order valence-corrected chi connectivity index (χ3v) is 5.07. The molecule has 1 atom stereocenters. The Morgan fingerprint density at radius 2 is 1.71 bits per heavy atom. The molecule has 156 valence electrons. The van der Waals surface area contributed by atoms with E-state index < -0.39 is 18.0 Å². The fourth-order valence-electron chi connectivity index (χ4n) is 2.80. The summed E-state index contributed by atoms with van der Waals surface area (Å²) < 4.78 is 17.2. The van der Waals surface area contributed by atoms with E-state index >= 15 is 0 Å². The van der Waals surface area contributed by atoms with E-state index in [1.54, 1.807) is 60.7 Å². The van der Waals surface area contributed by atoms with Crippen LogP contribution in [0.15, 0.2) is 82.4 Å². The SMILES string of the molecule is O=C(Oc1ccc(/C=N/NC(=O)C2COc3ccccc3O2)cc1)c1ccccc1Br. The van der Waals surface area contributed by atoms with Gasteiger partial charge in [0.1, 0.15) is 12.4 Å². The minimum Gasteiger partial charge on any atom is -0.485 e. The molecule has 0 bridgehead atoms. The van der Waals surface area contributed by atoms with E-state index in [1.807, 2.05) is 12.1 Å². The second-order valence-electron chi connectivity index (χ2n) is 6.54. The number of fused-ring (bicyclic) bond motifs is 1. The van der Waals surface area contributed by atoms with Crippen molar-refractivity contribution in [2.75, 3.05) is 6.61 Å². The van der Waals surface area contributed by atoms with Gasteiger partial charge in [-0.3, -0.25) is 4.79 Å². The molecule has 0 aliphatic carbocycles. The fraction of sp³-hybridized carbons (Fsp3) is 0.0870. The van der Waals surface area contributed by atoms with E-state index in [0.29, 0.717) is 32.8 Å². The summed E-state index contributed by atoms with van der Waals surface area (Å²) in [7, 11) is 0. The molecule has 1 N–H and O–H groups in total. The number of esters is 1. The van der Waals surface area contributed by atoms with Gasteiger partial charge in [0.25, 0.3) is 5.91 Å². The van der Waals surface area contributed by atoms with Crippen molar-refractivity contribution in [1.82, 2.24) is 5.43 Å². The molecule has 0 radical (unpaired) electrons. The van der Waals surface area contributed by atoms with Crippen LogP contribution in [0.25, 0.3) is 0 Å². The summed E-state index contributed by atoms with van der Waals surface area (Å²) in [6.45, 7) is 0.107. The van der Waals surface area contributed by atoms with Crippen LogP contribution in [-0.4, -0.2) is 30.8 Å². The average molecular weight is 481 g/mol. The summed E-state index contributed by atoms with van der Waals surface area (Å²) in [6.07, 6.45) is 0.695. The Hall–Kier alpha value is -3.65. The molecule has 31 heavy (non-hydrogen) atoms. The van der Waals surface area contributed by atoms with Crippen molar-refractivity contribution < 1.29 is 23.8 Å². The van der Waals surface area contributed by atoms with Crippen LogP contribution in [0.4, 0.5) is 0 Å². The number of hydrazone groups is 1. The van der Waals surface area contributed by atoms with E-state index in [4.69, 9.17) is 14.2 Å². The molecule has 0 saturated carbocycles. The third kappa shape index (κ3) is 5.10. The maximum absolute atomic E-state index is 12.2. The third-order valence-electron chi connectivity index (χ3n) is 4.37. The van der Waals surface area contributed by atoms with Gasteiger partial charge >= 0.3 is 5.97 Å². The summed E-state index contributed by atoms with van der Waals surface area (Å²) in [4.78, 5) is 24.5. The summed E-state index contributed by atoms with van der Waals surface area (Å²) in [5, 5.41) is 3.95. The zero-order valence-electron chi connectivity index (χ0n) is 16.2. The molecule has 7 nitrogen and oxygen atoms in total. The Morgan fingerprint density at radius 3 is 2.48 bits per heavy atom. The van der Waals surface area contributed by atoms with E-state index in [2.05, 4.69) is 26.5 Å². The number of nitrogens with zero attached hydrogens (tertiary/aromatic N) is 1. The van der Waals surface area contributed by atoms with Crippen LogP contribution < -0.4 is 19.6 Å². The highest BCUT2D eigenvalue weighted by Gasteiger charge is 2.26. The van der Waals surface area contributed by atoms with Crippen LogP contribution in [-0.2, 0) is 4.79 Å². The number of nitrogens with one attached hydrogen (secondary N) is 1. The highest BCUT2D eigenvalue weighted by molar-refractivity contribution is 9.10. The van der Waals surface area contributed by atoms with Gasteiger partial charge in [-0.15, -0.1) is 0 Å². The first-order valence-corrected chi connectivity index (χ1v) is 10.2. The number of amides is 1. The Bertz CT molecular complexity index is 1130. The zero-order chi connectivity index (χ0) is 21.6. The van der Waals surface area contributed by atoms with E-state index in [1.165, 1.54) is 6.21 Å². The molecule has 1 heterocycles. The van der Waals surface area contributed by atoms with E-state index in [-0.39, 0.29) is 6.61 Å². The van der Waals surface area contributed by atoms with Gasteiger partial charge < -0.3 is 14.2 Å². The van der Waals surface area contributed by atoms with Crippen molar-refractivity contribution in [2.45, 2.75) is 6.10 Å². The normalized spacial score (nSPS) is 14.8. The maximum Gasteiger partial charge on any atom is 0.344 e. The number of ether oxygens (including phenoxy) is 3. The number of benzene rings is 3. The van der Waals surface area contributed by atoms with Gasteiger partial charge in [-0.2, -0.15) is 5.10 Å². The smallest absolute Gasteiger partial charge is 0.344 e. The molecule has 1 aliphatic heterocycles. The van der Waals surface area contributed by atoms with Crippen LogP contribution in [0.1, 0.15) is 15.9 Å². The molecule has 0 spiro atoms. The second kappa shape index (κ2) is 9.44. The van der Waals surface area contributed by atoms with Crippen LogP contribution in [0.2, 0.25) is 0 Å². The molecule has 4 rings (SSSR count). The first-order valence-electron chi connectivity index (χ1n) is 9.38. The van der Waals surface area contributed by atoms with Gasteiger partial charge in [0.15, 0.2) is 11.5 Å². The summed E-state index contributed by atoms with van der Waals surface area (Å²) in [6, 6.07) is 20.9. The van der Waals surface area contributed by atoms with Crippen LogP contribution in [0, 0.1) is 0 Å². The summed E-state index contributed by atoms with van der Waals surface area (Å²) >= 11 is 3.33. The lowest BCUT2D eigenvalue weighted by Crippen LogP contribution is -2.42. The highest BCUT2D eigenvalue weighted by atomic mass is 79.9. The lowest BCUT2D eigenvalue weighted by molar-refractivity contribution is -0.130. The summed E-state index contributed by atoms with van der Waals surface area (Å²) in [5.74, 6) is 0.650. The van der Waals surface area contributed by atoms with E-state index in [0.717, 1.165) is 0 Å². The van der Waals surface area contributed by atoms with Crippen molar-refractivity contribution in [1.29, 1.82) is 0 Å². The topological polar surface area (TPSA) is 86.2 Å². The Labute approximate surface area is 186 Å². The minimum absolute atomic E-state index is 0.107. The van der Waals surface area contributed by atoms with Crippen LogP contribution in [0.3, 0.4) is 0 Å². The van der Waals surface area contributed by atoms with Crippen molar-refractivity contribution in [3.8, 4) is 17.2 Å². The molecule has 0 fully saturated rings. The first kappa shape index (κ1) is 20.6. The Balaban J connectivity index is 1.30. The Morgan fingerprint density at radius 1 is 1.00 bits per heavy atom. The number of hydrogen-bond donors (Lipinski definition) is 1. The predicted octanol–water partition coefficient (Wildman–Crippen LogP) is 3.96. The highest BCUT2D eigenvalue weighted by Crippen LogP contribution is 2.30. The van der Waals surface area contributed by atoms with Gasteiger partial charge in [0, 0.05) is 4.47 Å². The number of rotatable bonds is 5. The molecule has 8 heteroatoms. The fourth-order valence-corrected chi connectivity index (χ4v) is 3.25. The Kier molecular flexibility index (Phi) is 6.28. The molecule has 0 saturated heterocycles. The maximum atomic E-state index is 12.2. The lowest BCUT2D eigenvalue weighted by atomic mass is 10.2. The lowest BCUT2D eigenvalue weighted by Gasteiger charge is -2.24. The molecule has 3 aromatic rings.